The molecule has 1 saturated carbocycles. The van der Waals surface area contributed by atoms with E-state index in [1.165, 1.54) is 29.1 Å². The van der Waals surface area contributed by atoms with E-state index in [4.69, 9.17) is 0 Å². The highest BCUT2D eigenvalue weighted by atomic mass is 32.1. The summed E-state index contributed by atoms with van der Waals surface area (Å²) in [6, 6.07) is 0.764. The van der Waals surface area contributed by atoms with Gasteiger partial charge in [0.1, 0.15) is 0 Å². The summed E-state index contributed by atoms with van der Waals surface area (Å²) >= 11 is 1.86. The number of thiazole rings is 1. The Morgan fingerprint density at radius 3 is 3.00 bits per heavy atom. The molecule has 0 radical (unpaired) electrons. The number of hydrogen-bond donors (Lipinski definition) is 1. The van der Waals surface area contributed by atoms with Crippen molar-refractivity contribution in [2.75, 3.05) is 6.54 Å². The van der Waals surface area contributed by atoms with Gasteiger partial charge in [0.15, 0.2) is 0 Å². The van der Waals surface area contributed by atoms with E-state index in [1.54, 1.807) is 0 Å². The van der Waals surface area contributed by atoms with E-state index in [0.717, 1.165) is 31.3 Å². The fourth-order valence-electron chi connectivity index (χ4n) is 2.40. The van der Waals surface area contributed by atoms with Crippen LogP contribution in [0.15, 0.2) is 6.20 Å². The molecule has 0 amide bonds. The minimum Gasteiger partial charge on any atom is -0.314 e. The molecule has 1 fully saturated rings. The Balaban J connectivity index is 1.67. The van der Waals surface area contributed by atoms with Gasteiger partial charge in [-0.1, -0.05) is 13.8 Å². The molecule has 2 rings (SSSR count). The zero-order valence-corrected chi connectivity index (χ0v) is 11.1. The molecule has 1 aliphatic rings. The van der Waals surface area contributed by atoms with Crippen molar-refractivity contribution in [1.29, 1.82) is 0 Å². The number of aromatic nitrogens is 1. The van der Waals surface area contributed by atoms with E-state index in [-0.39, 0.29) is 0 Å². The van der Waals surface area contributed by atoms with Crippen molar-refractivity contribution in [2.45, 2.75) is 52.0 Å². The van der Waals surface area contributed by atoms with Gasteiger partial charge < -0.3 is 5.32 Å². The molecule has 2 atom stereocenters. The van der Waals surface area contributed by atoms with Crippen molar-refractivity contribution in [3.05, 3.63) is 16.1 Å². The fourth-order valence-corrected chi connectivity index (χ4v) is 3.26. The van der Waals surface area contributed by atoms with Gasteiger partial charge in [-0.15, -0.1) is 11.3 Å². The average Bonchev–Trinajstić information content (AvgIpc) is 2.88. The van der Waals surface area contributed by atoms with Crippen molar-refractivity contribution in [2.24, 2.45) is 5.92 Å². The highest BCUT2D eigenvalue weighted by molar-refractivity contribution is 7.11. The molecule has 1 aliphatic carbocycles. The van der Waals surface area contributed by atoms with Crippen molar-refractivity contribution >= 4 is 11.3 Å². The molecule has 0 saturated heterocycles. The van der Waals surface area contributed by atoms with Gasteiger partial charge in [0.2, 0.25) is 0 Å². The largest absolute Gasteiger partial charge is 0.314 e. The molecule has 0 spiro atoms. The van der Waals surface area contributed by atoms with Crippen LogP contribution < -0.4 is 5.32 Å². The maximum atomic E-state index is 4.44. The summed E-state index contributed by atoms with van der Waals surface area (Å²) in [6.45, 7) is 5.64. The van der Waals surface area contributed by atoms with E-state index in [9.17, 15) is 0 Å². The molecule has 90 valence electrons. The molecule has 1 aromatic rings. The molecule has 1 heterocycles. The smallest absolute Gasteiger partial charge is 0.0940 e. The average molecular weight is 238 g/mol. The zero-order chi connectivity index (χ0) is 11.4. The Kier molecular flexibility index (Phi) is 4.36. The number of aryl methyl sites for hydroxylation is 1. The molecule has 1 N–H and O–H groups in total. The molecule has 3 heteroatoms. The van der Waals surface area contributed by atoms with E-state index >= 15 is 0 Å². The molecule has 2 nitrogen and oxygen atoms in total. The van der Waals surface area contributed by atoms with Gasteiger partial charge in [-0.25, -0.2) is 4.98 Å². The van der Waals surface area contributed by atoms with Gasteiger partial charge in [0, 0.05) is 30.1 Å². The van der Waals surface area contributed by atoms with E-state index in [1.807, 2.05) is 17.5 Å². The van der Waals surface area contributed by atoms with Crippen molar-refractivity contribution in [1.82, 2.24) is 10.3 Å². The third-order valence-corrected chi connectivity index (χ3v) is 4.62. The maximum Gasteiger partial charge on any atom is 0.0940 e. The third-order valence-electron chi connectivity index (χ3n) is 3.42. The topological polar surface area (TPSA) is 24.9 Å². The second-order valence-corrected chi connectivity index (χ2v) is 6.09. The van der Waals surface area contributed by atoms with Crippen LogP contribution in [0.25, 0.3) is 0 Å². The second kappa shape index (κ2) is 5.78. The second-order valence-electron chi connectivity index (χ2n) is 4.89. The van der Waals surface area contributed by atoms with Crippen molar-refractivity contribution < 1.29 is 0 Å². The Hall–Kier alpha value is -0.410. The van der Waals surface area contributed by atoms with Crippen LogP contribution in [-0.4, -0.2) is 17.6 Å². The molecule has 0 aromatic carbocycles. The molecular formula is C13H22N2S. The molecule has 2 unspecified atom stereocenters. The van der Waals surface area contributed by atoms with Crippen molar-refractivity contribution in [3.8, 4) is 0 Å². The van der Waals surface area contributed by atoms with Crippen LogP contribution in [0, 0.1) is 5.92 Å². The van der Waals surface area contributed by atoms with Gasteiger partial charge >= 0.3 is 0 Å². The first-order valence-electron chi connectivity index (χ1n) is 6.45. The summed E-state index contributed by atoms with van der Waals surface area (Å²) in [5.41, 5.74) is 0. The first-order chi connectivity index (χ1) is 7.78. The standard InChI is InChI=1S/C13H22N2S/c1-3-12-9-15-13(16-12)6-7-14-11-5-4-10(2)8-11/h9-11,14H,3-8H2,1-2H3. The predicted octanol–water partition coefficient (Wildman–Crippen LogP) is 3.03. The summed E-state index contributed by atoms with van der Waals surface area (Å²) in [4.78, 5) is 5.85. The lowest BCUT2D eigenvalue weighted by Crippen LogP contribution is -2.28. The van der Waals surface area contributed by atoms with Gasteiger partial charge in [0.05, 0.1) is 5.01 Å². The summed E-state index contributed by atoms with van der Waals surface area (Å²) in [7, 11) is 0. The van der Waals surface area contributed by atoms with Crippen LogP contribution in [0.2, 0.25) is 0 Å². The fraction of sp³-hybridized carbons (Fsp3) is 0.769. The van der Waals surface area contributed by atoms with E-state index < -0.39 is 0 Å². The molecule has 0 aliphatic heterocycles. The molecule has 0 bridgehead atoms. The van der Waals surface area contributed by atoms with Crippen LogP contribution in [-0.2, 0) is 12.8 Å². The monoisotopic (exact) mass is 238 g/mol. The summed E-state index contributed by atoms with van der Waals surface area (Å²) < 4.78 is 0. The molecule has 1 aromatic heterocycles. The normalized spacial score (nSPS) is 25.1. The molecular weight excluding hydrogens is 216 g/mol. The quantitative estimate of drug-likeness (QED) is 0.853. The van der Waals surface area contributed by atoms with Gasteiger partial charge in [-0.05, 0) is 31.6 Å². The SMILES string of the molecule is CCc1cnc(CCNC2CCC(C)C2)s1. The van der Waals surface area contributed by atoms with E-state index in [0.29, 0.717) is 0 Å². The highest BCUT2D eigenvalue weighted by Crippen LogP contribution is 2.24. The first-order valence-corrected chi connectivity index (χ1v) is 7.26. The lowest BCUT2D eigenvalue weighted by Gasteiger charge is -2.10. The van der Waals surface area contributed by atoms with Crippen LogP contribution in [0.1, 0.15) is 43.0 Å². The number of nitrogens with one attached hydrogen (secondary N) is 1. The Labute approximate surface area is 102 Å². The zero-order valence-electron chi connectivity index (χ0n) is 10.3. The summed E-state index contributed by atoms with van der Waals surface area (Å²) in [5.74, 6) is 0.920. The lowest BCUT2D eigenvalue weighted by molar-refractivity contribution is 0.505. The van der Waals surface area contributed by atoms with Crippen molar-refractivity contribution in [3.63, 3.8) is 0 Å². The number of hydrogen-bond acceptors (Lipinski definition) is 3. The van der Waals surface area contributed by atoms with Crippen LogP contribution in [0.3, 0.4) is 0 Å². The first kappa shape index (κ1) is 12.1. The predicted molar refractivity (Wildman–Crippen MR) is 70.0 cm³/mol. The summed E-state index contributed by atoms with van der Waals surface area (Å²) in [5, 5.41) is 4.94. The Bertz CT molecular complexity index is 321. The van der Waals surface area contributed by atoms with Crippen LogP contribution in [0.5, 0.6) is 0 Å². The minimum absolute atomic E-state index is 0.764. The van der Waals surface area contributed by atoms with E-state index in [2.05, 4.69) is 24.1 Å². The maximum absolute atomic E-state index is 4.44. The van der Waals surface area contributed by atoms with Crippen LogP contribution >= 0.6 is 11.3 Å². The van der Waals surface area contributed by atoms with Crippen LogP contribution in [0.4, 0.5) is 0 Å². The molecule has 16 heavy (non-hydrogen) atoms. The number of nitrogens with zero attached hydrogens (tertiary/aromatic N) is 1. The van der Waals surface area contributed by atoms with Gasteiger partial charge in [0.25, 0.3) is 0 Å². The third kappa shape index (κ3) is 3.29. The summed E-state index contributed by atoms with van der Waals surface area (Å²) in [6.07, 6.45) is 8.35. The Morgan fingerprint density at radius 2 is 2.38 bits per heavy atom. The van der Waals surface area contributed by atoms with Gasteiger partial charge in [-0.3, -0.25) is 0 Å². The Morgan fingerprint density at radius 1 is 1.50 bits per heavy atom. The lowest BCUT2D eigenvalue weighted by atomic mass is 10.1. The minimum atomic E-state index is 0.764. The van der Waals surface area contributed by atoms with Gasteiger partial charge in [-0.2, -0.15) is 0 Å². The highest BCUT2D eigenvalue weighted by Gasteiger charge is 2.20. The number of rotatable bonds is 5.